The average molecular weight is 151 g/mol. The molecule has 0 aromatic rings. The van der Waals surface area contributed by atoms with Crippen LogP contribution in [0.15, 0.2) is 12.2 Å². The van der Waals surface area contributed by atoms with E-state index in [2.05, 4.69) is 6.58 Å². The van der Waals surface area contributed by atoms with Crippen molar-refractivity contribution in [3.63, 3.8) is 0 Å². The number of amides is 1. The molecule has 11 heavy (non-hydrogen) atoms. The van der Waals surface area contributed by atoms with Crippen LogP contribution in [0.5, 0.6) is 0 Å². The van der Waals surface area contributed by atoms with E-state index < -0.39 is 0 Å². The van der Waals surface area contributed by atoms with Gasteiger partial charge in [-0.3, -0.25) is 4.79 Å². The van der Waals surface area contributed by atoms with E-state index in [4.69, 9.17) is 0 Å². The molecule has 0 bridgehead atoms. The lowest BCUT2D eigenvalue weighted by Gasteiger charge is -2.37. The molecule has 60 valence electrons. The summed E-state index contributed by atoms with van der Waals surface area (Å²) < 4.78 is 0. The van der Waals surface area contributed by atoms with Crippen LogP contribution < -0.4 is 0 Å². The second-order valence-electron chi connectivity index (χ2n) is 3.53. The van der Waals surface area contributed by atoms with Crippen molar-refractivity contribution in [3.05, 3.63) is 12.2 Å². The Balaban J connectivity index is 1.85. The van der Waals surface area contributed by atoms with Crippen molar-refractivity contribution in [2.45, 2.75) is 19.3 Å². The highest BCUT2D eigenvalue weighted by molar-refractivity contribution is 5.81. The van der Waals surface area contributed by atoms with Gasteiger partial charge in [-0.15, -0.1) is 0 Å². The van der Waals surface area contributed by atoms with Gasteiger partial charge in [0.25, 0.3) is 0 Å². The van der Waals surface area contributed by atoms with Crippen LogP contribution in [0.1, 0.15) is 19.3 Å². The molecular formula is C9H13NO. The summed E-state index contributed by atoms with van der Waals surface area (Å²) in [5, 5.41) is 0. The minimum absolute atomic E-state index is 0.294. The molecular weight excluding hydrogens is 138 g/mol. The van der Waals surface area contributed by atoms with Gasteiger partial charge in [0, 0.05) is 19.0 Å². The van der Waals surface area contributed by atoms with Crippen molar-refractivity contribution in [3.8, 4) is 0 Å². The zero-order chi connectivity index (χ0) is 7.84. The Kier molecular flexibility index (Phi) is 1.48. The number of rotatable bonds is 1. The smallest absolute Gasteiger partial charge is 0.226 e. The fourth-order valence-corrected chi connectivity index (χ4v) is 1.61. The Morgan fingerprint density at radius 3 is 2.45 bits per heavy atom. The zero-order valence-electron chi connectivity index (χ0n) is 6.68. The maximum absolute atomic E-state index is 11.4. The largest absolute Gasteiger partial charge is 0.342 e. The summed E-state index contributed by atoms with van der Waals surface area (Å²) in [6, 6.07) is 0. The molecule has 2 rings (SSSR count). The summed E-state index contributed by atoms with van der Waals surface area (Å²) >= 11 is 0. The molecule has 0 radical (unpaired) electrons. The van der Waals surface area contributed by atoms with Crippen LogP contribution in [0.2, 0.25) is 0 Å². The molecule has 2 fully saturated rings. The number of nitrogens with zero attached hydrogens (tertiary/aromatic N) is 1. The van der Waals surface area contributed by atoms with Gasteiger partial charge in [-0.2, -0.15) is 0 Å². The molecule has 0 N–H and O–H groups in total. The van der Waals surface area contributed by atoms with Gasteiger partial charge in [-0.05, 0) is 19.3 Å². The standard InChI is InChI=1S/C9H13NO/c1-7-5-8(6-7)9(11)10-3-2-4-10/h8H,1-6H2. The predicted octanol–water partition coefficient (Wildman–Crippen LogP) is 1.18. The molecule has 1 saturated carbocycles. The van der Waals surface area contributed by atoms with Crippen molar-refractivity contribution >= 4 is 5.91 Å². The number of carbonyl (C=O) groups is 1. The maximum Gasteiger partial charge on any atom is 0.226 e. The highest BCUT2D eigenvalue weighted by atomic mass is 16.2. The van der Waals surface area contributed by atoms with E-state index in [1.165, 1.54) is 12.0 Å². The number of hydrogen-bond acceptors (Lipinski definition) is 1. The number of carbonyl (C=O) groups excluding carboxylic acids is 1. The zero-order valence-corrected chi connectivity index (χ0v) is 6.68. The van der Waals surface area contributed by atoms with Crippen molar-refractivity contribution < 1.29 is 4.79 Å². The molecule has 1 saturated heterocycles. The van der Waals surface area contributed by atoms with Gasteiger partial charge in [0.2, 0.25) is 5.91 Å². The topological polar surface area (TPSA) is 20.3 Å². The summed E-state index contributed by atoms with van der Waals surface area (Å²) in [6.45, 7) is 5.80. The van der Waals surface area contributed by atoms with Crippen LogP contribution in [0.4, 0.5) is 0 Å². The monoisotopic (exact) mass is 151 g/mol. The molecule has 0 spiro atoms. The van der Waals surface area contributed by atoms with Crippen molar-refractivity contribution in [2.75, 3.05) is 13.1 Å². The van der Waals surface area contributed by atoms with Crippen molar-refractivity contribution in [1.82, 2.24) is 4.90 Å². The molecule has 2 heteroatoms. The number of allylic oxidation sites excluding steroid dienone is 1. The van der Waals surface area contributed by atoms with E-state index in [0.717, 1.165) is 25.9 Å². The maximum atomic E-state index is 11.4. The summed E-state index contributed by atoms with van der Waals surface area (Å²) in [6.07, 6.45) is 3.07. The van der Waals surface area contributed by atoms with Gasteiger partial charge >= 0.3 is 0 Å². The quantitative estimate of drug-likeness (QED) is 0.515. The molecule has 0 unspecified atom stereocenters. The fourth-order valence-electron chi connectivity index (χ4n) is 1.61. The van der Waals surface area contributed by atoms with Gasteiger partial charge in [-0.1, -0.05) is 12.2 Å². The summed E-state index contributed by atoms with van der Waals surface area (Å²) in [7, 11) is 0. The Morgan fingerprint density at radius 2 is 2.09 bits per heavy atom. The van der Waals surface area contributed by atoms with Crippen LogP contribution >= 0.6 is 0 Å². The van der Waals surface area contributed by atoms with Crippen LogP contribution in [0.3, 0.4) is 0 Å². The van der Waals surface area contributed by atoms with Gasteiger partial charge in [-0.25, -0.2) is 0 Å². The number of likely N-dealkylation sites (tertiary alicyclic amines) is 1. The molecule has 2 nitrogen and oxygen atoms in total. The molecule has 0 atom stereocenters. The van der Waals surface area contributed by atoms with Gasteiger partial charge in [0.05, 0.1) is 0 Å². The lowest BCUT2D eigenvalue weighted by molar-refractivity contribution is -0.140. The lowest BCUT2D eigenvalue weighted by Crippen LogP contribution is -2.47. The first-order valence-electron chi connectivity index (χ1n) is 4.23. The minimum atomic E-state index is 0.294. The third-order valence-electron chi connectivity index (χ3n) is 2.59. The third kappa shape index (κ3) is 1.06. The summed E-state index contributed by atoms with van der Waals surface area (Å²) in [4.78, 5) is 13.4. The third-order valence-corrected chi connectivity index (χ3v) is 2.59. The summed E-state index contributed by atoms with van der Waals surface area (Å²) in [5.74, 6) is 0.659. The molecule has 1 aliphatic heterocycles. The highest BCUT2D eigenvalue weighted by Gasteiger charge is 2.33. The van der Waals surface area contributed by atoms with Gasteiger partial charge < -0.3 is 4.90 Å². The van der Waals surface area contributed by atoms with Gasteiger partial charge in [0.15, 0.2) is 0 Å². The first-order chi connectivity index (χ1) is 5.27. The van der Waals surface area contributed by atoms with E-state index in [1.807, 2.05) is 4.90 Å². The van der Waals surface area contributed by atoms with E-state index >= 15 is 0 Å². The molecule has 0 aromatic carbocycles. The normalized spacial score (nSPS) is 24.4. The molecule has 1 heterocycles. The average Bonchev–Trinajstić information content (AvgIpc) is 1.76. The van der Waals surface area contributed by atoms with E-state index in [-0.39, 0.29) is 0 Å². The Labute approximate surface area is 66.9 Å². The first kappa shape index (κ1) is 6.89. The van der Waals surface area contributed by atoms with Gasteiger partial charge in [0.1, 0.15) is 0 Å². The SMILES string of the molecule is C=C1CC(C(=O)N2CCC2)C1. The molecule has 1 aliphatic carbocycles. The molecule has 2 aliphatic rings. The van der Waals surface area contributed by atoms with Crippen molar-refractivity contribution in [1.29, 1.82) is 0 Å². The first-order valence-corrected chi connectivity index (χ1v) is 4.23. The van der Waals surface area contributed by atoms with Crippen molar-refractivity contribution in [2.24, 2.45) is 5.92 Å². The fraction of sp³-hybridized carbons (Fsp3) is 0.667. The minimum Gasteiger partial charge on any atom is -0.342 e. The Hall–Kier alpha value is -0.790. The Morgan fingerprint density at radius 1 is 1.45 bits per heavy atom. The molecule has 1 amide bonds. The van der Waals surface area contributed by atoms with E-state index in [9.17, 15) is 4.79 Å². The van der Waals surface area contributed by atoms with E-state index in [0.29, 0.717) is 11.8 Å². The van der Waals surface area contributed by atoms with E-state index in [1.54, 1.807) is 0 Å². The number of hydrogen-bond donors (Lipinski definition) is 0. The second-order valence-corrected chi connectivity index (χ2v) is 3.53. The Bertz CT molecular complexity index is 198. The van der Waals surface area contributed by atoms with Crippen LogP contribution in [-0.2, 0) is 4.79 Å². The highest BCUT2D eigenvalue weighted by Crippen LogP contribution is 2.33. The molecule has 0 aromatic heterocycles. The predicted molar refractivity (Wildman–Crippen MR) is 43.1 cm³/mol. The van der Waals surface area contributed by atoms with Crippen LogP contribution in [-0.4, -0.2) is 23.9 Å². The second kappa shape index (κ2) is 2.36. The summed E-state index contributed by atoms with van der Waals surface area (Å²) in [5.41, 5.74) is 1.24. The van der Waals surface area contributed by atoms with Crippen LogP contribution in [0.25, 0.3) is 0 Å². The van der Waals surface area contributed by atoms with Crippen LogP contribution in [0, 0.1) is 5.92 Å². The lowest BCUT2D eigenvalue weighted by atomic mass is 9.80.